The van der Waals surface area contributed by atoms with Gasteiger partial charge >= 0.3 is 6.18 Å². The Morgan fingerprint density at radius 2 is 1.75 bits per heavy atom. The number of nitrogens with one attached hydrogen (secondary N) is 1. The lowest BCUT2D eigenvalue weighted by Crippen LogP contribution is -2.49. The molecule has 1 aromatic rings. The summed E-state index contributed by atoms with van der Waals surface area (Å²) in [6.07, 6.45) is -4.79. The third kappa shape index (κ3) is 3.05. The topological polar surface area (TPSA) is 15.3 Å². The largest absolute Gasteiger partial charge is 0.408 e. The van der Waals surface area contributed by atoms with Crippen LogP contribution in [0, 0.1) is 11.6 Å². The smallest absolute Gasteiger partial charge is 0.314 e. The van der Waals surface area contributed by atoms with E-state index in [0.29, 0.717) is 13.1 Å². The predicted molar refractivity (Wildman–Crippen MR) is 64.6 cm³/mol. The van der Waals surface area contributed by atoms with Crippen LogP contribution in [0.15, 0.2) is 12.1 Å². The van der Waals surface area contributed by atoms with E-state index in [1.807, 2.05) is 0 Å². The summed E-state index contributed by atoms with van der Waals surface area (Å²) in [6.45, 7) is 0.762. The van der Waals surface area contributed by atoms with Gasteiger partial charge in [0.15, 0.2) is 0 Å². The molecule has 0 aromatic heterocycles. The molecule has 1 fully saturated rings. The van der Waals surface area contributed by atoms with Gasteiger partial charge in [-0.05, 0) is 12.1 Å². The van der Waals surface area contributed by atoms with Crippen LogP contribution in [0.25, 0.3) is 0 Å². The van der Waals surface area contributed by atoms with E-state index in [0.717, 1.165) is 17.0 Å². The number of hydrogen-bond donors (Lipinski definition) is 1. The summed E-state index contributed by atoms with van der Waals surface area (Å²) < 4.78 is 67.3. The van der Waals surface area contributed by atoms with Gasteiger partial charge < -0.3 is 5.32 Å². The maximum Gasteiger partial charge on any atom is 0.408 e. The van der Waals surface area contributed by atoms with Crippen molar-refractivity contribution in [2.45, 2.75) is 12.2 Å². The highest BCUT2D eigenvalue weighted by molar-refractivity contribution is 6.30. The maximum absolute atomic E-state index is 13.9. The Hall–Kier alpha value is -0.920. The lowest BCUT2D eigenvalue weighted by atomic mass is 10.0. The molecule has 1 saturated heterocycles. The summed E-state index contributed by atoms with van der Waals surface area (Å²) in [7, 11) is 0. The Morgan fingerprint density at radius 3 is 2.30 bits per heavy atom. The molecule has 0 spiro atoms. The molecule has 1 aromatic carbocycles. The summed E-state index contributed by atoms with van der Waals surface area (Å²) in [5.41, 5.74) is -1.04. The van der Waals surface area contributed by atoms with Gasteiger partial charge in [0.05, 0.1) is 10.6 Å². The standard InChI is InChI=1S/C12H12ClF5N2/c13-7-1-2-8(14)9(10(7)15)11(12(16,17)18)20-5-3-19-4-6-20/h1-2,11,19H,3-6H2/t11-/m0/s1. The lowest BCUT2D eigenvalue weighted by molar-refractivity contribution is -0.189. The van der Waals surface area contributed by atoms with Crippen LogP contribution in [0.3, 0.4) is 0 Å². The first-order valence-corrected chi connectivity index (χ1v) is 6.35. The van der Waals surface area contributed by atoms with E-state index in [1.54, 1.807) is 0 Å². The summed E-state index contributed by atoms with van der Waals surface area (Å²) in [4.78, 5) is 1.01. The van der Waals surface area contributed by atoms with Gasteiger partial charge in [-0.2, -0.15) is 13.2 Å². The number of benzene rings is 1. The predicted octanol–water partition coefficient (Wildman–Crippen LogP) is 3.13. The third-order valence-electron chi connectivity index (χ3n) is 3.18. The van der Waals surface area contributed by atoms with Crippen molar-refractivity contribution in [1.82, 2.24) is 10.2 Å². The summed E-state index contributed by atoms with van der Waals surface area (Å²) >= 11 is 5.48. The van der Waals surface area contributed by atoms with Crippen LogP contribution < -0.4 is 5.32 Å². The number of alkyl halides is 3. The van der Waals surface area contributed by atoms with E-state index < -0.39 is 34.4 Å². The first kappa shape index (κ1) is 15.5. The highest BCUT2D eigenvalue weighted by Gasteiger charge is 2.47. The van der Waals surface area contributed by atoms with Crippen LogP contribution in [0.5, 0.6) is 0 Å². The summed E-state index contributed by atoms with van der Waals surface area (Å²) in [5.74, 6) is -2.60. The van der Waals surface area contributed by atoms with Crippen molar-refractivity contribution in [3.8, 4) is 0 Å². The Labute approximate surface area is 117 Å². The molecule has 1 atom stereocenters. The minimum absolute atomic E-state index is 0.0512. The van der Waals surface area contributed by atoms with E-state index in [-0.39, 0.29) is 13.1 Å². The zero-order chi connectivity index (χ0) is 14.9. The van der Waals surface area contributed by atoms with Gasteiger partial charge in [0.25, 0.3) is 0 Å². The number of rotatable bonds is 2. The quantitative estimate of drug-likeness (QED) is 0.666. The van der Waals surface area contributed by atoms with Crippen molar-refractivity contribution >= 4 is 11.6 Å². The Kier molecular flexibility index (Phi) is 4.51. The van der Waals surface area contributed by atoms with E-state index >= 15 is 0 Å². The van der Waals surface area contributed by atoms with Crippen LogP contribution in [-0.2, 0) is 0 Å². The van der Waals surface area contributed by atoms with Gasteiger partial charge in [-0.25, -0.2) is 8.78 Å². The Morgan fingerprint density at radius 1 is 1.15 bits per heavy atom. The molecule has 1 aliphatic heterocycles. The highest BCUT2D eigenvalue weighted by atomic mass is 35.5. The molecule has 1 aliphatic rings. The van der Waals surface area contributed by atoms with Crippen molar-refractivity contribution in [3.05, 3.63) is 34.4 Å². The van der Waals surface area contributed by atoms with E-state index in [2.05, 4.69) is 5.32 Å². The molecule has 8 heteroatoms. The van der Waals surface area contributed by atoms with Crippen LogP contribution >= 0.6 is 11.6 Å². The average molecular weight is 315 g/mol. The second-order valence-corrected chi connectivity index (χ2v) is 4.89. The summed E-state index contributed by atoms with van der Waals surface area (Å²) in [5, 5.41) is 2.37. The van der Waals surface area contributed by atoms with Gasteiger partial charge in [-0.15, -0.1) is 0 Å². The normalized spacial score (nSPS) is 19.1. The molecular weight excluding hydrogens is 303 g/mol. The fourth-order valence-electron chi connectivity index (χ4n) is 2.29. The molecule has 1 N–H and O–H groups in total. The molecule has 0 amide bonds. The van der Waals surface area contributed by atoms with Crippen LogP contribution in [0.4, 0.5) is 22.0 Å². The van der Waals surface area contributed by atoms with E-state index in [4.69, 9.17) is 11.6 Å². The van der Waals surface area contributed by atoms with E-state index in [9.17, 15) is 22.0 Å². The third-order valence-corrected chi connectivity index (χ3v) is 3.47. The van der Waals surface area contributed by atoms with Gasteiger partial charge in [-0.1, -0.05) is 11.6 Å². The SMILES string of the molecule is Fc1ccc(Cl)c(F)c1[C@H](N1CCNCC1)C(F)(F)F. The number of nitrogens with zero attached hydrogens (tertiary/aromatic N) is 1. The molecule has 0 bridgehead atoms. The monoisotopic (exact) mass is 314 g/mol. The molecule has 0 unspecified atom stereocenters. The average Bonchev–Trinajstić information content (AvgIpc) is 2.39. The molecule has 1 heterocycles. The van der Waals surface area contributed by atoms with Crippen molar-refractivity contribution in [1.29, 1.82) is 0 Å². The molecule has 2 nitrogen and oxygen atoms in total. The second-order valence-electron chi connectivity index (χ2n) is 4.49. The maximum atomic E-state index is 13.9. The highest BCUT2D eigenvalue weighted by Crippen LogP contribution is 2.41. The zero-order valence-electron chi connectivity index (χ0n) is 10.3. The van der Waals surface area contributed by atoms with Crippen molar-refractivity contribution in [2.75, 3.05) is 26.2 Å². The van der Waals surface area contributed by atoms with Gasteiger partial charge in [0, 0.05) is 26.2 Å². The minimum Gasteiger partial charge on any atom is -0.314 e. The summed E-state index contributed by atoms with van der Waals surface area (Å²) in [6, 6.07) is -0.675. The van der Waals surface area contributed by atoms with Crippen molar-refractivity contribution < 1.29 is 22.0 Å². The molecule has 0 radical (unpaired) electrons. The molecule has 0 aliphatic carbocycles. The minimum atomic E-state index is -4.79. The number of piperazine rings is 1. The lowest BCUT2D eigenvalue weighted by Gasteiger charge is -2.36. The Bertz CT molecular complexity index is 485. The van der Waals surface area contributed by atoms with Crippen LogP contribution in [0.2, 0.25) is 5.02 Å². The fourth-order valence-corrected chi connectivity index (χ4v) is 2.45. The second kappa shape index (κ2) is 5.83. The van der Waals surface area contributed by atoms with Crippen molar-refractivity contribution in [2.24, 2.45) is 0 Å². The van der Waals surface area contributed by atoms with Crippen molar-refractivity contribution in [3.63, 3.8) is 0 Å². The number of halogens is 6. The first-order chi connectivity index (χ1) is 9.32. The first-order valence-electron chi connectivity index (χ1n) is 5.97. The van der Waals surface area contributed by atoms with Gasteiger partial charge in [0.1, 0.15) is 17.7 Å². The van der Waals surface area contributed by atoms with Gasteiger partial charge in [0.2, 0.25) is 0 Å². The molecule has 2 rings (SSSR count). The van der Waals surface area contributed by atoms with Gasteiger partial charge in [-0.3, -0.25) is 4.90 Å². The molecule has 112 valence electrons. The fraction of sp³-hybridized carbons (Fsp3) is 0.500. The van der Waals surface area contributed by atoms with Crippen LogP contribution in [0.1, 0.15) is 11.6 Å². The molecule has 20 heavy (non-hydrogen) atoms. The molecular formula is C12H12ClF5N2. The zero-order valence-corrected chi connectivity index (χ0v) is 11.0. The number of hydrogen-bond acceptors (Lipinski definition) is 2. The Balaban J connectivity index is 2.49. The van der Waals surface area contributed by atoms with Crippen LogP contribution in [-0.4, -0.2) is 37.3 Å². The molecule has 0 saturated carbocycles. The van der Waals surface area contributed by atoms with E-state index in [1.165, 1.54) is 0 Å².